The van der Waals surface area contributed by atoms with Crippen molar-refractivity contribution in [3.8, 4) is 6.01 Å². The van der Waals surface area contributed by atoms with Gasteiger partial charge in [0.05, 0.1) is 6.61 Å². The quantitative estimate of drug-likeness (QED) is 0.546. The van der Waals surface area contributed by atoms with Crippen molar-refractivity contribution in [3.05, 3.63) is 53.1 Å². The van der Waals surface area contributed by atoms with Crippen LogP contribution in [0.25, 0.3) is 0 Å². The summed E-state index contributed by atoms with van der Waals surface area (Å²) in [4.78, 5) is 13.8. The zero-order valence-electron chi connectivity index (χ0n) is 17.4. The van der Waals surface area contributed by atoms with E-state index in [1.165, 1.54) is 30.6 Å². The van der Waals surface area contributed by atoms with Crippen LogP contribution >= 0.6 is 0 Å². The SMILES string of the molecule is C=C1Cc2c(N)nc(OCCCC)nc2N(Cc2cccc(CN3CCC3)c2)C1. The Hall–Kier alpha value is -2.60. The van der Waals surface area contributed by atoms with E-state index in [4.69, 9.17) is 15.5 Å². The normalized spacial score (nSPS) is 16.4. The third-order valence-electron chi connectivity index (χ3n) is 5.59. The number of aromatic nitrogens is 2. The summed E-state index contributed by atoms with van der Waals surface area (Å²) in [5, 5.41) is 0. The molecule has 0 atom stereocenters. The van der Waals surface area contributed by atoms with Crippen LogP contribution in [0.2, 0.25) is 0 Å². The highest BCUT2D eigenvalue weighted by atomic mass is 16.5. The highest BCUT2D eigenvalue weighted by Crippen LogP contribution is 2.33. The average molecular weight is 394 g/mol. The summed E-state index contributed by atoms with van der Waals surface area (Å²) in [6, 6.07) is 9.22. The van der Waals surface area contributed by atoms with Crippen LogP contribution in [0.3, 0.4) is 0 Å². The number of fused-ring (bicyclic) bond motifs is 1. The van der Waals surface area contributed by atoms with E-state index in [2.05, 4.69) is 52.6 Å². The van der Waals surface area contributed by atoms with E-state index in [9.17, 15) is 0 Å². The van der Waals surface area contributed by atoms with Gasteiger partial charge in [0, 0.05) is 31.6 Å². The molecule has 0 saturated carbocycles. The maximum absolute atomic E-state index is 6.26. The molecule has 1 saturated heterocycles. The van der Waals surface area contributed by atoms with E-state index in [0.717, 1.165) is 55.9 Å². The number of nitrogens with two attached hydrogens (primary N) is 1. The van der Waals surface area contributed by atoms with Gasteiger partial charge < -0.3 is 15.4 Å². The molecular formula is C23H31N5O. The Morgan fingerprint density at radius 2 is 1.97 bits per heavy atom. The molecule has 2 aliphatic rings. The van der Waals surface area contributed by atoms with Gasteiger partial charge in [-0.2, -0.15) is 9.97 Å². The number of likely N-dealkylation sites (tertiary alicyclic amines) is 1. The number of unbranched alkanes of at least 4 members (excludes halogenated alkanes) is 1. The molecule has 2 N–H and O–H groups in total. The Kier molecular flexibility index (Phi) is 6.00. The number of benzene rings is 1. The van der Waals surface area contributed by atoms with Crippen LogP contribution in [0.15, 0.2) is 36.4 Å². The summed E-state index contributed by atoms with van der Waals surface area (Å²) < 4.78 is 5.74. The van der Waals surface area contributed by atoms with Crippen LogP contribution in [0, 0.1) is 0 Å². The molecule has 4 rings (SSSR count). The minimum atomic E-state index is 0.374. The first-order valence-electron chi connectivity index (χ1n) is 10.6. The lowest BCUT2D eigenvalue weighted by Crippen LogP contribution is -2.36. The molecule has 154 valence electrons. The fourth-order valence-corrected chi connectivity index (χ4v) is 3.90. The molecule has 3 heterocycles. The maximum Gasteiger partial charge on any atom is 0.320 e. The first kappa shape index (κ1) is 19.7. The van der Waals surface area contributed by atoms with Gasteiger partial charge in [0.2, 0.25) is 0 Å². The highest BCUT2D eigenvalue weighted by molar-refractivity contribution is 5.62. The molecule has 1 fully saturated rings. The molecule has 1 aromatic heterocycles. The lowest BCUT2D eigenvalue weighted by atomic mass is 10.0. The second kappa shape index (κ2) is 8.82. The zero-order valence-corrected chi connectivity index (χ0v) is 17.4. The summed E-state index contributed by atoms with van der Waals surface area (Å²) in [7, 11) is 0. The molecule has 0 spiro atoms. The third-order valence-corrected chi connectivity index (χ3v) is 5.59. The fourth-order valence-electron chi connectivity index (χ4n) is 3.90. The van der Waals surface area contributed by atoms with Gasteiger partial charge in [-0.1, -0.05) is 49.8 Å². The average Bonchev–Trinajstić information content (AvgIpc) is 2.66. The van der Waals surface area contributed by atoms with Gasteiger partial charge in [-0.25, -0.2) is 0 Å². The van der Waals surface area contributed by atoms with Gasteiger partial charge in [-0.3, -0.25) is 4.90 Å². The molecule has 2 aromatic rings. The van der Waals surface area contributed by atoms with E-state index >= 15 is 0 Å². The van der Waals surface area contributed by atoms with Crippen molar-refractivity contribution in [2.75, 3.05) is 36.9 Å². The van der Waals surface area contributed by atoms with Crippen molar-refractivity contribution in [3.63, 3.8) is 0 Å². The van der Waals surface area contributed by atoms with E-state index in [-0.39, 0.29) is 0 Å². The number of anilines is 2. The van der Waals surface area contributed by atoms with Gasteiger partial charge in [0.1, 0.15) is 11.6 Å². The summed E-state index contributed by atoms with van der Waals surface area (Å²) in [5.74, 6) is 1.38. The van der Waals surface area contributed by atoms with E-state index in [0.29, 0.717) is 18.4 Å². The number of rotatable bonds is 8. The molecule has 6 heteroatoms. The summed E-state index contributed by atoms with van der Waals surface area (Å²) in [5.41, 5.74) is 11.0. The molecule has 0 bridgehead atoms. The Morgan fingerprint density at radius 1 is 1.17 bits per heavy atom. The summed E-state index contributed by atoms with van der Waals surface area (Å²) in [6.45, 7) is 11.9. The minimum Gasteiger partial charge on any atom is -0.463 e. The molecular weight excluding hydrogens is 362 g/mol. The van der Waals surface area contributed by atoms with Crippen molar-refractivity contribution >= 4 is 11.6 Å². The fraction of sp³-hybridized carbons (Fsp3) is 0.478. The first-order chi connectivity index (χ1) is 14.1. The van der Waals surface area contributed by atoms with Gasteiger partial charge >= 0.3 is 6.01 Å². The summed E-state index contributed by atoms with van der Waals surface area (Å²) in [6.07, 6.45) is 4.09. The number of ether oxygens (including phenoxy) is 1. The Morgan fingerprint density at radius 3 is 2.69 bits per heavy atom. The number of nitrogen functional groups attached to an aromatic ring is 1. The number of hydrogen-bond donors (Lipinski definition) is 1. The molecule has 29 heavy (non-hydrogen) atoms. The molecule has 1 aromatic carbocycles. The van der Waals surface area contributed by atoms with Crippen LogP contribution in [0.4, 0.5) is 11.6 Å². The van der Waals surface area contributed by atoms with Gasteiger partial charge in [-0.15, -0.1) is 0 Å². The number of nitrogens with zero attached hydrogens (tertiary/aromatic N) is 4. The van der Waals surface area contributed by atoms with Crippen LogP contribution in [0.5, 0.6) is 6.01 Å². The second-order valence-electron chi connectivity index (χ2n) is 8.13. The highest BCUT2D eigenvalue weighted by Gasteiger charge is 2.25. The molecule has 0 radical (unpaired) electrons. The summed E-state index contributed by atoms with van der Waals surface area (Å²) >= 11 is 0. The van der Waals surface area contributed by atoms with Gasteiger partial charge in [0.15, 0.2) is 0 Å². The Balaban J connectivity index is 1.55. The van der Waals surface area contributed by atoms with Crippen molar-refractivity contribution < 1.29 is 4.74 Å². The van der Waals surface area contributed by atoms with Crippen molar-refractivity contribution in [2.24, 2.45) is 0 Å². The Labute approximate surface area is 173 Å². The van der Waals surface area contributed by atoms with Crippen LogP contribution < -0.4 is 15.4 Å². The largest absolute Gasteiger partial charge is 0.463 e. The van der Waals surface area contributed by atoms with E-state index in [1.807, 2.05) is 0 Å². The van der Waals surface area contributed by atoms with Crippen LogP contribution in [-0.2, 0) is 19.5 Å². The van der Waals surface area contributed by atoms with Crippen molar-refractivity contribution in [2.45, 2.75) is 45.7 Å². The van der Waals surface area contributed by atoms with Gasteiger partial charge in [-0.05, 0) is 37.1 Å². The second-order valence-corrected chi connectivity index (χ2v) is 8.13. The third kappa shape index (κ3) is 4.70. The molecule has 0 unspecified atom stereocenters. The lowest BCUT2D eigenvalue weighted by Gasteiger charge is -2.32. The molecule has 0 aliphatic carbocycles. The van der Waals surface area contributed by atoms with Crippen molar-refractivity contribution in [1.29, 1.82) is 0 Å². The maximum atomic E-state index is 6.26. The Bertz CT molecular complexity index is 878. The molecule has 0 amide bonds. The first-order valence-corrected chi connectivity index (χ1v) is 10.6. The monoisotopic (exact) mass is 393 g/mol. The van der Waals surface area contributed by atoms with Crippen LogP contribution in [0.1, 0.15) is 42.9 Å². The van der Waals surface area contributed by atoms with E-state index < -0.39 is 0 Å². The lowest BCUT2D eigenvalue weighted by molar-refractivity contribution is 0.172. The van der Waals surface area contributed by atoms with Crippen molar-refractivity contribution in [1.82, 2.24) is 14.9 Å². The number of hydrogen-bond acceptors (Lipinski definition) is 6. The standard InChI is InChI=1S/C23H31N5O/c1-3-4-11-29-23-25-21(24)20-12-17(2)14-28(22(20)26-23)16-19-8-5-7-18(13-19)15-27-9-6-10-27/h5,7-8,13H,2-4,6,9-12,14-16H2,1H3,(H2,24,25,26). The van der Waals surface area contributed by atoms with E-state index in [1.54, 1.807) is 0 Å². The molecule has 2 aliphatic heterocycles. The topological polar surface area (TPSA) is 67.5 Å². The molecule has 6 nitrogen and oxygen atoms in total. The zero-order chi connectivity index (χ0) is 20.2. The predicted molar refractivity (Wildman–Crippen MR) is 117 cm³/mol. The smallest absolute Gasteiger partial charge is 0.320 e. The predicted octanol–water partition coefficient (Wildman–Crippen LogP) is 3.56. The minimum absolute atomic E-state index is 0.374. The van der Waals surface area contributed by atoms with Gasteiger partial charge in [0.25, 0.3) is 0 Å². The van der Waals surface area contributed by atoms with Crippen LogP contribution in [-0.4, -0.2) is 41.1 Å².